The zero-order valence-electron chi connectivity index (χ0n) is 11.7. The van der Waals surface area contributed by atoms with E-state index in [0.717, 1.165) is 18.7 Å². The van der Waals surface area contributed by atoms with Crippen molar-refractivity contribution in [2.45, 2.75) is 38.7 Å². The van der Waals surface area contributed by atoms with Crippen molar-refractivity contribution in [2.75, 3.05) is 18.4 Å². The molecule has 1 amide bonds. The molecule has 0 saturated carbocycles. The molecular weight excluding hydrogens is 242 g/mol. The molecule has 1 aromatic rings. The summed E-state index contributed by atoms with van der Waals surface area (Å²) in [5.41, 5.74) is 1.93. The lowest BCUT2D eigenvalue weighted by molar-refractivity contribution is 0.0526. The van der Waals surface area contributed by atoms with Crippen molar-refractivity contribution < 1.29 is 9.53 Å². The van der Waals surface area contributed by atoms with Gasteiger partial charge in [-0.1, -0.05) is 0 Å². The minimum absolute atomic E-state index is 0.357. The number of fused-ring (bicyclic) bond motifs is 1. The molecule has 2 rings (SSSR count). The number of rotatable bonds is 3. The van der Waals surface area contributed by atoms with Gasteiger partial charge in [0.2, 0.25) is 0 Å². The molecule has 5 nitrogen and oxygen atoms in total. The summed E-state index contributed by atoms with van der Waals surface area (Å²) in [6.07, 6.45) is 4.20. The quantitative estimate of drug-likeness (QED) is 0.879. The van der Waals surface area contributed by atoms with E-state index >= 15 is 0 Å². The summed E-state index contributed by atoms with van der Waals surface area (Å²) in [6, 6.07) is 1.98. The van der Waals surface area contributed by atoms with Crippen LogP contribution in [0.2, 0.25) is 0 Å². The van der Waals surface area contributed by atoms with Crippen LogP contribution in [0.25, 0.3) is 0 Å². The number of ether oxygens (including phenoxy) is 1. The molecule has 1 aliphatic heterocycles. The molecule has 0 saturated heterocycles. The lowest BCUT2D eigenvalue weighted by Crippen LogP contribution is -2.33. The first kappa shape index (κ1) is 13.6. The minimum atomic E-state index is -0.449. The fourth-order valence-corrected chi connectivity index (χ4v) is 2.16. The monoisotopic (exact) mass is 263 g/mol. The Balaban J connectivity index is 1.77. The van der Waals surface area contributed by atoms with E-state index in [4.69, 9.17) is 4.74 Å². The maximum atomic E-state index is 11.5. The number of anilines is 1. The average Bonchev–Trinajstić information content (AvgIpc) is 2.70. The number of hydrogen-bond acceptors (Lipinski definition) is 4. The van der Waals surface area contributed by atoms with E-state index in [9.17, 15) is 4.79 Å². The fourth-order valence-electron chi connectivity index (χ4n) is 2.16. The summed E-state index contributed by atoms with van der Waals surface area (Å²) in [5, 5.41) is 6.13. The highest BCUT2D eigenvalue weighted by Crippen LogP contribution is 2.32. The second-order valence-corrected chi connectivity index (χ2v) is 5.76. The van der Waals surface area contributed by atoms with E-state index in [1.807, 2.05) is 33.0 Å². The van der Waals surface area contributed by atoms with E-state index in [2.05, 4.69) is 15.6 Å². The van der Waals surface area contributed by atoms with Crippen LogP contribution in [0.4, 0.5) is 10.5 Å². The summed E-state index contributed by atoms with van der Waals surface area (Å²) in [4.78, 5) is 15.7. The van der Waals surface area contributed by atoms with Crippen LogP contribution in [-0.4, -0.2) is 29.8 Å². The van der Waals surface area contributed by atoms with E-state index in [-0.39, 0.29) is 6.09 Å². The molecule has 2 N–H and O–H groups in total. The molecule has 1 aromatic heterocycles. The van der Waals surface area contributed by atoms with Crippen molar-refractivity contribution in [1.82, 2.24) is 10.3 Å². The fraction of sp³-hybridized carbons (Fsp3) is 0.571. The van der Waals surface area contributed by atoms with Gasteiger partial charge in [-0.25, -0.2) is 4.79 Å². The Hall–Kier alpha value is -1.78. The smallest absolute Gasteiger partial charge is 0.407 e. The lowest BCUT2D eigenvalue weighted by Gasteiger charge is -2.20. The first-order chi connectivity index (χ1) is 8.96. The van der Waals surface area contributed by atoms with Gasteiger partial charge in [-0.05, 0) is 38.8 Å². The first-order valence-electron chi connectivity index (χ1n) is 6.60. The first-order valence-corrected chi connectivity index (χ1v) is 6.60. The van der Waals surface area contributed by atoms with Gasteiger partial charge in [0.25, 0.3) is 0 Å². The third-order valence-corrected chi connectivity index (χ3v) is 2.99. The largest absolute Gasteiger partial charge is 0.444 e. The van der Waals surface area contributed by atoms with Gasteiger partial charge in [0.05, 0.1) is 0 Å². The maximum Gasteiger partial charge on any atom is 0.407 e. The van der Waals surface area contributed by atoms with E-state index < -0.39 is 5.60 Å². The summed E-state index contributed by atoms with van der Waals surface area (Å²) in [6.45, 7) is 7.08. The Morgan fingerprint density at radius 2 is 2.37 bits per heavy atom. The summed E-state index contributed by atoms with van der Waals surface area (Å²) >= 11 is 0. The molecule has 1 atom stereocenters. The lowest BCUT2D eigenvalue weighted by atomic mass is 10.00. The van der Waals surface area contributed by atoms with Crippen molar-refractivity contribution in [3.8, 4) is 0 Å². The summed E-state index contributed by atoms with van der Waals surface area (Å²) in [5.74, 6) is 0.402. The Morgan fingerprint density at radius 1 is 1.58 bits per heavy atom. The standard InChI is InChI=1S/C14H21N3O2/c1-14(2,3)19-13(18)16-7-4-10-8-17-12-5-6-15-9-11(10)12/h5-6,9-10,17H,4,7-8H2,1-3H3,(H,16,18). The number of pyridine rings is 1. The number of amides is 1. The molecule has 2 heterocycles. The van der Waals surface area contributed by atoms with Crippen LogP contribution in [0, 0.1) is 0 Å². The number of nitrogens with zero attached hydrogens (tertiary/aromatic N) is 1. The molecule has 1 aliphatic rings. The van der Waals surface area contributed by atoms with Crippen molar-refractivity contribution in [2.24, 2.45) is 0 Å². The second-order valence-electron chi connectivity index (χ2n) is 5.76. The highest BCUT2D eigenvalue weighted by atomic mass is 16.6. The van der Waals surface area contributed by atoms with Gasteiger partial charge in [-0.2, -0.15) is 0 Å². The minimum Gasteiger partial charge on any atom is -0.444 e. The van der Waals surface area contributed by atoms with Crippen LogP contribution in [0.15, 0.2) is 18.5 Å². The number of carbonyl (C=O) groups excluding carboxylic acids is 1. The van der Waals surface area contributed by atoms with E-state index in [1.54, 1.807) is 6.20 Å². The highest BCUT2D eigenvalue weighted by molar-refractivity contribution is 5.67. The number of carbonyl (C=O) groups is 1. The molecule has 1 unspecified atom stereocenters. The molecule has 0 aliphatic carbocycles. The van der Waals surface area contributed by atoms with Gasteiger partial charge in [0.15, 0.2) is 0 Å². The number of aromatic nitrogens is 1. The molecule has 0 spiro atoms. The van der Waals surface area contributed by atoms with Crippen LogP contribution in [0.1, 0.15) is 38.7 Å². The summed E-state index contributed by atoms with van der Waals surface area (Å²) in [7, 11) is 0. The normalized spacial score (nSPS) is 17.5. The SMILES string of the molecule is CC(C)(C)OC(=O)NCCC1CNc2ccncc21. The molecule has 0 fully saturated rings. The van der Waals surface area contributed by atoms with Crippen LogP contribution < -0.4 is 10.6 Å². The van der Waals surface area contributed by atoms with E-state index in [1.165, 1.54) is 5.56 Å². The van der Waals surface area contributed by atoms with Gasteiger partial charge >= 0.3 is 6.09 Å². The van der Waals surface area contributed by atoms with Gasteiger partial charge in [-0.15, -0.1) is 0 Å². The van der Waals surface area contributed by atoms with Gasteiger partial charge in [0.1, 0.15) is 5.60 Å². The Bertz CT molecular complexity index is 454. The predicted octanol–water partition coefficient (Wildman–Crippen LogP) is 2.51. The Labute approximate surface area is 113 Å². The van der Waals surface area contributed by atoms with Crippen molar-refractivity contribution >= 4 is 11.8 Å². The molecule has 104 valence electrons. The van der Waals surface area contributed by atoms with Crippen LogP contribution in [0.5, 0.6) is 0 Å². The third-order valence-electron chi connectivity index (χ3n) is 2.99. The molecule has 0 aromatic carbocycles. The highest BCUT2D eigenvalue weighted by Gasteiger charge is 2.22. The predicted molar refractivity (Wildman–Crippen MR) is 74.3 cm³/mol. The van der Waals surface area contributed by atoms with Gasteiger partial charge < -0.3 is 15.4 Å². The molecule has 5 heteroatoms. The molecule has 19 heavy (non-hydrogen) atoms. The van der Waals surface area contributed by atoms with Crippen molar-refractivity contribution in [1.29, 1.82) is 0 Å². The van der Waals surface area contributed by atoms with Crippen LogP contribution in [0.3, 0.4) is 0 Å². The zero-order chi connectivity index (χ0) is 13.9. The van der Waals surface area contributed by atoms with Crippen molar-refractivity contribution in [3.63, 3.8) is 0 Å². The number of nitrogens with one attached hydrogen (secondary N) is 2. The maximum absolute atomic E-state index is 11.5. The number of alkyl carbamates (subject to hydrolysis) is 1. The molecular formula is C14H21N3O2. The van der Waals surface area contributed by atoms with Gasteiger partial charge in [0, 0.05) is 37.1 Å². The van der Waals surface area contributed by atoms with E-state index in [0.29, 0.717) is 12.5 Å². The summed E-state index contributed by atoms with van der Waals surface area (Å²) < 4.78 is 5.19. The number of hydrogen-bond donors (Lipinski definition) is 2. The average molecular weight is 263 g/mol. The second kappa shape index (κ2) is 5.47. The molecule has 0 radical (unpaired) electrons. The van der Waals surface area contributed by atoms with Crippen LogP contribution in [-0.2, 0) is 4.74 Å². The topological polar surface area (TPSA) is 63.2 Å². The Morgan fingerprint density at radius 3 is 3.11 bits per heavy atom. The van der Waals surface area contributed by atoms with Crippen molar-refractivity contribution in [3.05, 3.63) is 24.0 Å². The van der Waals surface area contributed by atoms with Gasteiger partial charge in [-0.3, -0.25) is 4.98 Å². The molecule has 0 bridgehead atoms. The third kappa shape index (κ3) is 3.84. The Kier molecular flexibility index (Phi) is 3.93. The van der Waals surface area contributed by atoms with Crippen LogP contribution >= 0.6 is 0 Å². The zero-order valence-corrected chi connectivity index (χ0v) is 11.7.